The van der Waals surface area contributed by atoms with E-state index in [9.17, 15) is 16.8 Å². The van der Waals surface area contributed by atoms with Crippen LogP contribution in [0.25, 0.3) is 0 Å². The summed E-state index contributed by atoms with van der Waals surface area (Å²) in [4.78, 5) is -0.271. The molecule has 3 rings (SSSR count). The molecule has 0 atom stereocenters. The van der Waals surface area contributed by atoms with Crippen LogP contribution in [0.1, 0.15) is 56.4 Å². The van der Waals surface area contributed by atoms with E-state index in [-0.39, 0.29) is 9.80 Å². The first-order valence-electron chi connectivity index (χ1n) is 8.40. The van der Waals surface area contributed by atoms with Gasteiger partial charge in [0.2, 0.25) is 0 Å². The Labute approximate surface area is 143 Å². The van der Waals surface area contributed by atoms with Crippen molar-refractivity contribution < 1.29 is 16.8 Å². The minimum Gasteiger partial charge on any atom is -0.207 e. The van der Waals surface area contributed by atoms with Crippen LogP contribution >= 0.6 is 0 Å². The molecule has 1 aromatic rings. The topological polar surface area (TPSA) is 68.3 Å². The fourth-order valence-corrected chi connectivity index (χ4v) is 7.16. The third kappa shape index (κ3) is 3.22. The van der Waals surface area contributed by atoms with Crippen molar-refractivity contribution in [2.45, 2.75) is 55.8 Å². The van der Waals surface area contributed by atoms with Gasteiger partial charge in [-0.1, -0.05) is 43.5 Å². The summed E-state index contributed by atoms with van der Waals surface area (Å²) in [6.07, 6.45) is 11.7. The second-order valence-electron chi connectivity index (χ2n) is 6.40. The molecule has 0 bridgehead atoms. The van der Waals surface area contributed by atoms with Crippen LogP contribution in [0.5, 0.6) is 0 Å². The Balaban J connectivity index is 1.89. The van der Waals surface area contributed by atoms with Crippen molar-refractivity contribution in [3.8, 4) is 0 Å². The number of hydrogen-bond donors (Lipinski definition) is 0. The summed E-state index contributed by atoms with van der Waals surface area (Å²) in [5.41, 5.74) is 1.10. The molecule has 1 aromatic carbocycles. The van der Waals surface area contributed by atoms with Crippen molar-refractivity contribution in [2.75, 3.05) is 0 Å². The van der Waals surface area contributed by atoms with Crippen LogP contribution < -0.4 is 0 Å². The molecule has 1 fully saturated rings. The third-order valence-electron chi connectivity index (χ3n) is 4.78. The van der Waals surface area contributed by atoms with Gasteiger partial charge in [-0.25, -0.2) is 16.8 Å². The van der Waals surface area contributed by atoms with Crippen molar-refractivity contribution >= 4 is 17.7 Å². The average molecular weight is 367 g/mol. The van der Waals surface area contributed by atoms with Crippen molar-refractivity contribution in [3.05, 3.63) is 53.0 Å². The Kier molecular flexibility index (Phi) is 4.97. The number of allylic oxidation sites excluding steroid dienone is 3. The molecule has 0 heterocycles. The van der Waals surface area contributed by atoms with Crippen molar-refractivity contribution in [2.24, 2.45) is 0 Å². The number of hydrogen-bond acceptors (Lipinski definition) is 4. The molecular weight excluding hydrogens is 344 g/mol. The molecule has 0 spiro atoms. The molecule has 4 nitrogen and oxygen atoms in total. The first-order chi connectivity index (χ1) is 11.4. The Morgan fingerprint density at radius 3 is 2.04 bits per heavy atom. The van der Waals surface area contributed by atoms with Crippen molar-refractivity contribution in [1.29, 1.82) is 0 Å². The maximum atomic E-state index is 12.6. The molecule has 0 aliphatic heterocycles. The second kappa shape index (κ2) is 6.84. The van der Waals surface area contributed by atoms with Gasteiger partial charge in [-0.15, -0.1) is 0 Å². The first-order valence-corrected chi connectivity index (χ1v) is 11.9. The van der Waals surface area contributed by atoms with E-state index in [2.05, 4.69) is 0 Å². The van der Waals surface area contributed by atoms with Crippen LogP contribution in [0.3, 0.4) is 0 Å². The van der Waals surface area contributed by atoms with Gasteiger partial charge in [0.15, 0.2) is 0 Å². The lowest BCUT2D eigenvalue weighted by Crippen LogP contribution is -2.18. The molecule has 0 saturated heterocycles. The lowest BCUT2D eigenvalue weighted by molar-refractivity contribution is 0.443. The predicted octanol–water partition coefficient (Wildman–Crippen LogP) is 4.07. The molecule has 0 amide bonds. The van der Waals surface area contributed by atoms with E-state index in [1.54, 1.807) is 18.2 Å². The first kappa shape index (κ1) is 17.4. The zero-order valence-electron chi connectivity index (χ0n) is 13.5. The van der Waals surface area contributed by atoms with E-state index in [0.717, 1.165) is 24.8 Å². The smallest absolute Gasteiger partial charge is 0.207 e. The van der Waals surface area contributed by atoms with Gasteiger partial charge >= 0.3 is 0 Å². The molecule has 130 valence electrons. The molecule has 1 saturated carbocycles. The molecule has 0 unspecified atom stereocenters. The van der Waals surface area contributed by atoms with Gasteiger partial charge in [-0.2, -0.15) is 0 Å². The average Bonchev–Trinajstić information content (AvgIpc) is 2.63. The zero-order chi connectivity index (χ0) is 17.2. The molecular formula is C18H22O4S2. The Hall–Kier alpha value is -1.40. The predicted molar refractivity (Wildman–Crippen MR) is 94.8 cm³/mol. The van der Waals surface area contributed by atoms with Crippen LogP contribution in [-0.2, 0) is 17.7 Å². The summed E-state index contributed by atoms with van der Waals surface area (Å²) >= 11 is 0. The Bertz CT molecular complexity index is 854. The normalized spacial score (nSPS) is 19.9. The lowest BCUT2D eigenvalue weighted by Gasteiger charge is -2.22. The van der Waals surface area contributed by atoms with E-state index < -0.39 is 17.7 Å². The monoisotopic (exact) mass is 366 g/mol. The van der Waals surface area contributed by atoms with Crippen LogP contribution in [0.15, 0.2) is 52.3 Å². The minimum absolute atomic E-state index is 0.120. The Morgan fingerprint density at radius 1 is 0.792 bits per heavy atom. The quantitative estimate of drug-likeness (QED) is 0.753. The van der Waals surface area contributed by atoms with E-state index >= 15 is 0 Å². The molecule has 0 aromatic heterocycles. The van der Waals surface area contributed by atoms with E-state index in [0.29, 0.717) is 12.3 Å². The van der Waals surface area contributed by atoms with Crippen LogP contribution in [0, 0.1) is 0 Å². The van der Waals surface area contributed by atoms with Crippen molar-refractivity contribution in [1.82, 2.24) is 0 Å². The lowest BCUT2D eigenvalue weighted by atomic mass is 9.84. The molecule has 24 heavy (non-hydrogen) atoms. The summed E-state index contributed by atoms with van der Waals surface area (Å²) in [6.45, 7) is 0. The van der Waals surface area contributed by atoms with Crippen LogP contribution in [0.2, 0.25) is 0 Å². The summed E-state index contributed by atoms with van der Waals surface area (Å²) in [5.74, 6) is 0.455. The van der Waals surface area contributed by atoms with E-state index in [1.807, 2.05) is 0 Å². The van der Waals surface area contributed by atoms with Gasteiger partial charge in [-0.3, -0.25) is 0 Å². The summed E-state index contributed by atoms with van der Waals surface area (Å²) in [7, 11) is -8.84. The zero-order valence-corrected chi connectivity index (χ0v) is 15.2. The fourth-order valence-electron chi connectivity index (χ4n) is 3.37. The molecule has 2 aliphatic carbocycles. The van der Waals surface area contributed by atoms with Gasteiger partial charge in [0.1, 0.15) is 0 Å². The largest absolute Gasteiger partial charge is 0.286 e. The second-order valence-corrected chi connectivity index (χ2v) is 11.8. The van der Waals surface area contributed by atoms with Gasteiger partial charge in [0.05, 0.1) is 9.80 Å². The molecule has 0 N–H and O–H groups in total. The van der Waals surface area contributed by atoms with Gasteiger partial charge in [0.25, 0.3) is 17.7 Å². The van der Waals surface area contributed by atoms with Gasteiger partial charge in [0, 0.05) is 0 Å². The standard InChI is InChI=1S/C18H22O4S2/c19-23(20,17-9-5-2-6-10-17)24(21,22)18-13-11-16(12-14-18)15-7-3-1-4-8-15/h5,9-15H,1-4,6-8H2. The van der Waals surface area contributed by atoms with Gasteiger partial charge < -0.3 is 0 Å². The van der Waals surface area contributed by atoms with Gasteiger partial charge in [-0.05, 0) is 55.4 Å². The molecule has 2 aliphatic rings. The number of rotatable bonds is 4. The maximum absolute atomic E-state index is 12.6. The highest BCUT2D eigenvalue weighted by Gasteiger charge is 2.34. The summed E-state index contributed by atoms with van der Waals surface area (Å²) in [5, 5.41) is 0. The highest BCUT2D eigenvalue weighted by atomic mass is 33.2. The Morgan fingerprint density at radius 2 is 1.46 bits per heavy atom. The SMILES string of the molecule is O=S(=O)(C1=CCCC=C1)S(=O)(=O)c1ccc(C2CCCCC2)cc1. The van der Waals surface area contributed by atoms with E-state index in [4.69, 9.17) is 0 Å². The fraction of sp³-hybridized carbons (Fsp3) is 0.444. The summed E-state index contributed by atoms with van der Waals surface area (Å²) in [6, 6.07) is 6.40. The molecule has 6 heteroatoms. The van der Waals surface area contributed by atoms with Crippen LogP contribution in [-0.4, -0.2) is 16.8 Å². The van der Waals surface area contributed by atoms with E-state index in [1.165, 1.54) is 43.5 Å². The molecule has 0 radical (unpaired) electrons. The minimum atomic E-state index is -4.43. The van der Waals surface area contributed by atoms with Crippen molar-refractivity contribution in [3.63, 3.8) is 0 Å². The van der Waals surface area contributed by atoms with Crippen LogP contribution in [0.4, 0.5) is 0 Å². The maximum Gasteiger partial charge on any atom is 0.286 e. The third-order valence-corrected chi connectivity index (χ3v) is 9.98. The highest BCUT2D eigenvalue weighted by Crippen LogP contribution is 2.34. The summed E-state index contributed by atoms with van der Waals surface area (Å²) < 4.78 is 50.1. The highest BCUT2D eigenvalue weighted by molar-refractivity contribution is 8.68. The number of benzene rings is 1.